The van der Waals surface area contributed by atoms with Crippen LogP contribution in [-0.4, -0.2) is 42.6 Å². The topological polar surface area (TPSA) is 59.0 Å². The van der Waals surface area contributed by atoms with E-state index >= 15 is 0 Å². The fourth-order valence-corrected chi connectivity index (χ4v) is 2.94. The lowest BCUT2D eigenvalue weighted by molar-refractivity contribution is 0.319. The highest BCUT2D eigenvalue weighted by atomic mass is 127. The smallest absolute Gasteiger partial charge is 0.219 e. The number of hydrogen-bond acceptors (Lipinski definition) is 4. The van der Waals surface area contributed by atoms with E-state index in [1.807, 2.05) is 56.6 Å². The Morgan fingerprint density at radius 3 is 2.52 bits per heavy atom. The second kappa shape index (κ2) is 11.0. The van der Waals surface area contributed by atoms with E-state index in [1.165, 1.54) is 12.8 Å². The lowest BCUT2D eigenvalue weighted by Crippen LogP contribution is -2.39. The number of nitrogens with one attached hydrogen (secondary N) is 1. The van der Waals surface area contributed by atoms with Crippen LogP contribution in [0.5, 0.6) is 17.4 Å². The van der Waals surface area contributed by atoms with Gasteiger partial charge < -0.3 is 19.7 Å². The Morgan fingerprint density at radius 2 is 1.89 bits per heavy atom. The number of pyridine rings is 1. The summed E-state index contributed by atoms with van der Waals surface area (Å²) < 4.78 is 11.4. The number of likely N-dealkylation sites (tertiary alicyclic amines) is 1. The van der Waals surface area contributed by atoms with E-state index in [0.717, 1.165) is 30.4 Å². The van der Waals surface area contributed by atoms with E-state index in [4.69, 9.17) is 9.47 Å². The Morgan fingerprint density at radius 1 is 1.15 bits per heavy atom. The van der Waals surface area contributed by atoms with Gasteiger partial charge in [-0.05, 0) is 37.5 Å². The molecule has 3 rings (SSSR count). The van der Waals surface area contributed by atoms with Crippen LogP contribution < -0.4 is 14.8 Å². The Kier molecular flexibility index (Phi) is 8.63. The van der Waals surface area contributed by atoms with Crippen LogP contribution in [0.4, 0.5) is 0 Å². The first-order chi connectivity index (χ1) is 12.8. The summed E-state index contributed by atoms with van der Waals surface area (Å²) in [6, 6.07) is 11.5. The molecule has 0 bridgehead atoms. The highest BCUT2D eigenvalue weighted by Crippen LogP contribution is 2.30. The molecule has 0 radical (unpaired) electrons. The van der Waals surface area contributed by atoms with E-state index in [1.54, 1.807) is 0 Å². The summed E-state index contributed by atoms with van der Waals surface area (Å²) in [6.45, 7) is 5.38. The largest absolute Gasteiger partial charge is 0.490 e. The summed E-state index contributed by atoms with van der Waals surface area (Å²) in [7, 11) is 1.83. The monoisotopic (exact) mass is 482 g/mol. The fourth-order valence-electron chi connectivity index (χ4n) is 2.94. The molecule has 0 spiro atoms. The number of benzene rings is 1. The molecule has 1 fully saturated rings. The van der Waals surface area contributed by atoms with Gasteiger partial charge >= 0.3 is 0 Å². The molecule has 27 heavy (non-hydrogen) atoms. The van der Waals surface area contributed by atoms with Gasteiger partial charge in [0, 0.05) is 38.9 Å². The van der Waals surface area contributed by atoms with E-state index < -0.39 is 0 Å². The van der Waals surface area contributed by atoms with Gasteiger partial charge in [0.15, 0.2) is 17.5 Å². The molecule has 0 unspecified atom stereocenters. The molecule has 1 aliphatic rings. The van der Waals surface area contributed by atoms with Crippen molar-refractivity contribution >= 4 is 29.9 Å². The van der Waals surface area contributed by atoms with Gasteiger partial charge in [-0.2, -0.15) is 0 Å². The van der Waals surface area contributed by atoms with Crippen molar-refractivity contribution in [2.75, 3.05) is 26.7 Å². The van der Waals surface area contributed by atoms with E-state index in [-0.39, 0.29) is 24.0 Å². The number of aromatic nitrogens is 1. The number of para-hydroxylation sites is 2. The number of aliphatic imine (C=N–C) groups is 1. The van der Waals surface area contributed by atoms with E-state index in [0.29, 0.717) is 24.8 Å². The molecule has 2 aromatic rings. The Hall–Kier alpha value is -2.03. The summed E-state index contributed by atoms with van der Waals surface area (Å²) in [5, 5.41) is 3.40. The van der Waals surface area contributed by atoms with Gasteiger partial charge in [-0.15, -0.1) is 24.0 Å². The maximum Gasteiger partial charge on any atom is 0.219 e. The highest BCUT2D eigenvalue weighted by Gasteiger charge is 2.15. The quantitative estimate of drug-likeness (QED) is 0.383. The minimum Gasteiger partial charge on any atom is -0.490 e. The molecule has 1 N–H and O–H groups in total. The van der Waals surface area contributed by atoms with Crippen LogP contribution in [0.1, 0.15) is 25.3 Å². The Bertz CT molecular complexity index is 731. The van der Waals surface area contributed by atoms with Crippen LogP contribution in [-0.2, 0) is 6.54 Å². The van der Waals surface area contributed by atoms with Gasteiger partial charge in [0.25, 0.3) is 0 Å². The van der Waals surface area contributed by atoms with Gasteiger partial charge in [0.1, 0.15) is 0 Å². The minimum absolute atomic E-state index is 0. The van der Waals surface area contributed by atoms with Crippen molar-refractivity contribution < 1.29 is 9.47 Å². The molecule has 0 saturated carbocycles. The number of nitrogens with zero attached hydrogens (tertiary/aromatic N) is 3. The normalized spacial score (nSPS) is 13.9. The molecule has 0 amide bonds. The first-order valence-corrected chi connectivity index (χ1v) is 9.10. The van der Waals surface area contributed by atoms with Crippen LogP contribution in [0.2, 0.25) is 0 Å². The van der Waals surface area contributed by atoms with Crippen molar-refractivity contribution in [1.82, 2.24) is 15.2 Å². The number of guanidine groups is 1. The van der Waals surface area contributed by atoms with Gasteiger partial charge in [-0.1, -0.05) is 18.2 Å². The SMILES string of the molecule is CCOc1ccccc1Oc1ccc(CNC(=NC)N2CCCC2)cn1.I. The zero-order valence-electron chi connectivity index (χ0n) is 15.9. The average molecular weight is 482 g/mol. The molecule has 2 heterocycles. The zero-order chi connectivity index (χ0) is 18.2. The third-order valence-corrected chi connectivity index (χ3v) is 4.23. The maximum absolute atomic E-state index is 5.86. The van der Waals surface area contributed by atoms with Gasteiger partial charge in [-0.3, -0.25) is 4.99 Å². The lowest BCUT2D eigenvalue weighted by Gasteiger charge is -2.20. The Balaban J connectivity index is 0.00000261. The van der Waals surface area contributed by atoms with Gasteiger partial charge in [0.2, 0.25) is 5.88 Å². The summed E-state index contributed by atoms with van der Waals surface area (Å²) >= 11 is 0. The first-order valence-electron chi connectivity index (χ1n) is 9.10. The predicted molar refractivity (Wildman–Crippen MR) is 118 cm³/mol. The molecule has 0 aliphatic carbocycles. The van der Waals surface area contributed by atoms with Crippen LogP contribution >= 0.6 is 24.0 Å². The van der Waals surface area contributed by atoms with Crippen molar-refractivity contribution in [3.8, 4) is 17.4 Å². The Labute approximate surface area is 178 Å². The molecule has 1 aromatic carbocycles. The first kappa shape index (κ1) is 21.3. The second-order valence-electron chi connectivity index (χ2n) is 6.08. The molecule has 0 atom stereocenters. The molecule has 6 nitrogen and oxygen atoms in total. The summed E-state index contributed by atoms with van der Waals surface area (Å²) in [4.78, 5) is 11.1. The molecule has 1 saturated heterocycles. The van der Waals surface area contributed by atoms with Crippen LogP contribution in [0.15, 0.2) is 47.6 Å². The minimum atomic E-state index is 0. The maximum atomic E-state index is 5.86. The molecule has 7 heteroatoms. The third-order valence-electron chi connectivity index (χ3n) is 4.23. The van der Waals surface area contributed by atoms with E-state index in [9.17, 15) is 0 Å². The van der Waals surface area contributed by atoms with Crippen LogP contribution in [0.3, 0.4) is 0 Å². The standard InChI is InChI=1S/C20H26N4O2.HI/c1-3-25-17-8-4-5-9-18(17)26-19-11-10-16(14-22-19)15-23-20(21-2)24-12-6-7-13-24;/h4-5,8-11,14H,3,6-7,12-13,15H2,1-2H3,(H,21,23);1H. The van der Waals surface area contributed by atoms with E-state index in [2.05, 4.69) is 20.2 Å². The highest BCUT2D eigenvalue weighted by molar-refractivity contribution is 14.0. The number of halogens is 1. The molecule has 1 aliphatic heterocycles. The van der Waals surface area contributed by atoms with Crippen molar-refractivity contribution in [2.45, 2.75) is 26.3 Å². The molecular formula is C20H27IN4O2. The summed E-state index contributed by atoms with van der Waals surface area (Å²) in [6.07, 6.45) is 4.29. The number of rotatable bonds is 6. The summed E-state index contributed by atoms with van der Waals surface area (Å²) in [5.74, 6) is 2.89. The molecule has 1 aromatic heterocycles. The lowest BCUT2D eigenvalue weighted by atomic mass is 10.3. The zero-order valence-corrected chi connectivity index (χ0v) is 18.2. The van der Waals surface area contributed by atoms with Crippen molar-refractivity contribution in [1.29, 1.82) is 0 Å². The number of hydrogen-bond donors (Lipinski definition) is 1. The van der Waals surface area contributed by atoms with Gasteiger partial charge in [-0.25, -0.2) is 4.98 Å². The van der Waals surface area contributed by atoms with Crippen molar-refractivity contribution in [3.05, 3.63) is 48.2 Å². The van der Waals surface area contributed by atoms with Crippen LogP contribution in [0.25, 0.3) is 0 Å². The number of ether oxygens (including phenoxy) is 2. The molecular weight excluding hydrogens is 455 g/mol. The predicted octanol–water partition coefficient (Wildman–Crippen LogP) is 4.06. The second-order valence-corrected chi connectivity index (χ2v) is 6.08. The van der Waals surface area contributed by atoms with Crippen molar-refractivity contribution in [2.24, 2.45) is 4.99 Å². The van der Waals surface area contributed by atoms with Crippen molar-refractivity contribution in [3.63, 3.8) is 0 Å². The van der Waals surface area contributed by atoms with Crippen LogP contribution in [0, 0.1) is 0 Å². The summed E-state index contributed by atoms with van der Waals surface area (Å²) in [5.41, 5.74) is 1.08. The average Bonchev–Trinajstić information content (AvgIpc) is 3.20. The van der Waals surface area contributed by atoms with Gasteiger partial charge in [0.05, 0.1) is 6.61 Å². The third kappa shape index (κ3) is 5.98. The fraction of sp³-hybridized carbons (Fsp3) is 0.400. The molecule has 146 valence electrons.